The molecule has 0 aliphatic heterocycles. The SMILES string of the molecule is COc1cccc(C(OCc2ccc(Cl)cc2)c2n(C)cc[n+]2C)c1.[I-]. The molecular formula is C20H22ClIN2O2. The zero-order valence-electron chi connectivity index (χ0n) is 15.0. The molecule has 1 unspecified atom stereocenters. The predicted molar refractivity (Wildman–Crippen MR) is 97.7 cm³/mol. The number of nitrogens with zero attached hydrogens (tertiary/aromatic N) is 2. The summed E-state index contributed by atoms with van der Waals surface area (Å²) in [6, 6.07) is 15.7. The first-order valence-corrected chi connectivity index (χ1v) is 8.47. The number of hydrogen-bond acceptors (Lipinski definition) is 2. The second kappa shape index (κ2) is 9.39. The minimum atomic E-state index is -0.212. The zero-order valence-corrected chi connectivity index (χ0v) is 17.9. The maximum atomic E-state index is 6.32. The van der Waals surface area contributed by atoms with Crippen molar-refractivity contribution in [2.45, 2.75) is 12.7 Å². The fraction of sp³-hybridized carbons (Fsp3) is 0.250. The number of hydrogen-bond donors (Lipinski definition) is 0. The van der Waals surface area contributed by atoms with Crippen molar-refractivity contribution in [3.8, 4) is 5.75 Å². The van der Waals surface area contributed by atoms with Crippen LogP contribution in [0, 0.1) is 0 Å². The second-order valence-corrected chi connectivity index (χ2v) is 6.41. The molecule has 4 nitrogen and oxygen atoms in total. The van der Waals surface area contributed by atoms with E-state index >= 15 is 0 Å². The van der Waals surface area contributed by atoms with E-state index in [1.807, 2.05) is 69.0 Å². The van der Waals surface area contributed by atoms with Crippen molar-refractivity contribution in [3.63, 3.8) is 0 Å². The molecule has 0 fully saturated rings. The van der Waals surface area contributed by atoms with Gasteiger partial charge in [0.2, 0.25) is 0 Å². The number of halogens is 2. The normalized spacial score (nSPS) is 11.7. The average Bonchev–Trinajstić information content (AvgIpc) is 2.96. The third-order valence-corrected chi connectivity index (χ3v) is 4.45. The van der Waals surface area contributed by atoms with Gasteiger partial charge in [0, 0.05) is 5.02 Å². The van der Waals surface area contributed by atoms with Crippen LogP contribution in [0.1, 0.15) is 23.1 Å². The molecule has 1 atom stereocenters. The third kappa shape index (κ3) is 4.78. The summed E-state index contributed by atoms with van der Waals surface area (Å²) in [7, 11) is 5.72. The lowest BCUT2D eigenvalue weighted by atomic mass is 10.1. The minimum Gasteiger partial charge on any atom is -1.00 e. The molecular weight excluding hydrogens is 463 g/mol. The average molecular weight is 485 g/mol. The van der Waals surface area contributed by atoms with Crippen molar-refractivity contribution in [2.75, 3.05) is 7.11 Å². The zero-order chi connectivity index (χ0) is 17.8. The highest BCUT2D eigenvalue weighted by Gasteiger charge is 2.27. The quantitative estimate of drug-likeness (QED) is 0.383. The smallest absolute Gasteiger partial charge is 0.290 e. The van der Waals surface area contributed by atoms with E-state index in [1.54, 1.807) is 7.11 Å². The van der Waals surface area contributed by atoms with Crippen LogP contribution in [0.25, 0.3) is 0 Å². The predicted octanol–water partition coefficient (Wildman–Crippen LogP) is 0.822. The fourth-order valence-corrected chi connectivity index (χ4v) is 2.98. The van der Waals surface area contributed by atoms with Gasteiger partial charge in [-0.15, -0.1) is 0 Å². The highest BCUT2D eigenvalue weighted by atomic mass is 127. The lowest BCUT2D eigenvalue weighted by molar-refractivity contribution is -0.682. The van der Waals surface area contributed by atoms with E-state index in [-0.39, 0.29) is 30.1 Å². The first-order valence-electron chi connectivity index (χ1n) is 8.09. The molecule has 1 heterocycles. The summed E-state index contributed by atoms with van der Waals surface area (Å²) in [4.78, 5) is 0. The molecule has 0 saturated heterocycles. The summed E-state index contributed by atoms with van der Waals surface area (Å²) in [6.45, 7) is 0.490. The van der Waals surface area contributed by atoms with Crippen LogP contribution in [0.5, 0.6) is 5.75 Å². The molecule has 0 aliphatic rings. The van der Waals surface area contributed by atoms with Crippen LogP contribution < -0.4 is 33.3 Å². The van der Waals surface area contributed by atoms with Gasteiger partial charge < -0.3 is 33.5 Å². The molecule has 0 radical (unpaired) electrons. The van der Waals surface area contributed by atoms with Crippen molar-refractivity contribution >= 4 is 11.6 Å². The van der Waals surface area contributed by atoms with Gasteiger partial charge in [0.25, 0.3) is 5.82 Å². The molecule has 138 valence electrons. The van der Waals surface area contributed by atoms with E-state index in [4.69, 9.17) is 21.1 Å². The molecule has 0 spiro atoms. The largest absolute Gasteiger partial charge is 1.00 e. The Morgan fingerprint density at radius 1 is 1.15 bits per heavy atom. The maximum Gasteiger partial charge on any atom is 0.290 e. The van der Waals surface area contributed by atoms with Gasteiger partial charge in [0.1, 0.15) is 18.1 Å². The summed E-state index contributed by atoms with van der Waals surface area (Å²) < 4.78 is 15.8. The number of benzene rings is 2. The maximum absolute atomic E-state index is 6.32. The van der Waals surface area contributed by atoms with Crippen LogP contribution >= 0.6 is 11.6 Å². The molecule has 26 heavy (non-hydrogen) atoms. The first kappa shape index (κ1) is 20.7. The summed E-state index contributed by atoms with van der Waals surface area (Å²) in [6.07, 6.45) is 3.83. The molecule has 0 aliphatic carbocycles. The summed E-state index contributed by atoms with van der Waals surface area (Å²) in [5.41, 5.74) is 2.12. The monoisotopic (exact) mass is 484 g/mol. The van der Waals surface area contributed by atoms with Gasteiger partial charge in [-0.2, -0.15) is 0 Å². The lowest BCUT2D eigenvalue weighted by Crippen LogP contribution is -3.00. The molecule has 3 rings (SSSR count). The molecule has 1 aromatic heterocycles. The number of aryl methyl sites for hydroxylation is 2. The van der Waals surface area contributed by atoms with Gasteiger partial charge in [0.05, 0.1) is 27.8 Å². The van der Waals surface area contributed by atoms with Gasteiger partial charge in [-0.1, -0.05) is 35.9 Å². The number of methoxy groups -OCH3 is 1. The first-order chi connectivity index (χ1) is 12.1. The van der Waals surface area contributed by atoms with Gasteiger partial charge in [-0.05, 0) is 35.4 Å². The number of ether oxygens (including phenoxy) is 2. The van der Waals surface area contributed by atoms with Crippen molar-refractivity contribution < 1.29 is 38.0 Å². The van der Waals surface area contributed by atoms with Gasteiger partial charge in [-0.3, -0.25) is 0 Å². The van der Waals surface area contributed by atoms with Crippen LogP contribution in [0.2, 0.25) is 5.02 Å². The molecule has 3 aromatic rings. The van der Waals surface area contributed by atoms with E-state index in [1.165, 1.54) is 0 Å². The van der Waals surface area contributed by atoms with Crippen LogP contribution in [0.15, 0.2) is 60.9 Å². The Morgan fingerprint density at radius 3 is 2.50 bits per heavy atom. The summed E-state index contributed by atoms with van der Waals surface area (Å²) in [5.74, 6) is 1.87. The Labute approximate surface area is 176 Å². The highest BCUT2D eigenvalue weighted by molar-refractivity contribution is 6.30. The Kier molecular flexibility index (Phi) is 7.49. The van der Waals surface area contributed by atoms with Crippen molar-refractivity contribution in [1.82, 2.24) is 4.57 Å². The van der Waals surface area contributed by atoms with Crippen LogP contribution in [0.3, 0.4) is 0 Å². The number of aromatic nitrogens is 2. The van der Waals surface area contributed by atoms with E-state index in [0.717, 1.165) is 27.7 Å². The molecule has 2 aromatic carbocycles. The Balaban J connectivity index is 0.00000243. The fourth-order valence-electron chi connectivity index (χ4n) is 2.86. The van der Waals surface area contributed by atoms with Crippen LogP contribution in [-0.4, -0.2) is 11.7 Å². The van der Waals surface area contributed by atoms with E-state index in [9.17, 15) is 0 Å². The third-order valence-electron chi connectivity index (χ3n) is 4.20. The number of rotatable bonds is 6. The van der Waals surface area contributed by atoms with Crippen molar-refractivity contribution in [2.24, 2.45) is 14.1 Å². The number of imidazole rings is 1. The van der Waals surface area contributed by atoms with Gasteiger partial charge >= 0.3 is 0 Å². The standard InChI is InChI=1S/C20H22ClN2O2.HI/c1-22-11-12-23(2)20(22)19(16-5-4-6-18(13-16)24-3)25-14-15-7-9-17(21)10-8-15;/h4-13,19H,14H2,1-3H3;1H/q+1;/p-1. The van der Waals surface area contributed by atoms with Gasteiger partial charge in [-0.25, -0.2) is 9.13 Å². The summed E-state index contributed by atoms with van der Waals surface area (Å²) >= 11 is 5.97. The summed E-state index contributed by atoms with van der Waals surface area (Å²) in [5, 5.41) is 0.724. The van der Waals surface area contributed by atoms with E-state index in [2.05, 4.69) is 15.2 Å². The Bertz CT molecular complexity index is 830. The van der Waals surface area contributed by atoms with E-state index in [0.29, 0.717) is 6.61 Å². The van der Waals surface area contributed by atoms with Crippen molar-refractivity contribution in [3.05, 3.63) is 82.9 Å². The molecule has 0 amide bonds. The van der Waals surface area contributed by atoms with Gasteiger partial charge in [0.15, 0.2) is 6.10 Å². The molecule has 0 bridgehead atoms. The Morgan fingerprint density at radius 2 is 1.88 bits per heavy atom. The van der Waals surface area contributed by atoms with Crippen LogP contribution in [-0.2, 0) is 25.4 Å². The second-order valence-electron chi connectivity index (χ2n) is 5.97. The molecule has 0 saturated carbocycles. The van der Waals surface area contributed by atoms with Crippen molar-refractivity contribution in [1.29, 1.82) is 0 Å². The lowest BCUT2D eigenvalue weighted by Gasteiger charge is -2.17. The molecule has 0 N–H and O–H groups in total. The Hall–Kier alpha value is -1.57. The van der Waals surface area contributed by atoms with E-state index < -0.39 is 0 Å². The minimum absolute atomic E-state index is 0. The van der Waals surface area contributed by atoms with Crippen LogP contribution in [0.4, 0.5) is 0 Å². The molecule has 6 heteroatoms. The highest BCUT2D eigenvalue weighted by Crippen LogP contribution is 2.28. The topological polar surface area (TPSA) is 27.3 Å².